The van der Waals surface area contributed by atoms with Crippen molar-refractivity contribution in [2.45, 2.75) is 46.4 Å². The van der Waals surface area contributed by atoms with Gasteiger partial charge in [-0.05, 0) is 32.0 Å². The lowest BCUT2D eigenvalue weighted by molar-refractivity contribution is -0.137. The molecule has 0 saturated carbocycles. The summed E-state index contributed by atoms with van der Waals surface area (Å²) >= 11 is 0. The zero-order chi connectivity index (χ0) is 15.8. The fourth-order valence-electron chi connectivity index (χ4n) is 2.09. The molecule has 0 unspecified atom stereocenters. The van der Waals surface area contributed by atoms with E-state index in [4.69, 9.17) is 15.6 Å². The van der Waals surface area contributed by atoms with Gasteiger partial charge in [-0.2, -0.15) is 0 Å². The van der Waals surface area contributed by atoms with Gasteiger partial charge in [-0.25, -0.2) is 0 Å². The molecule has 0 radical (unpaired) electrons. The van der Waals surface area contributed by atoms with Crippen molar-refractivity contribution in [2.75, 3.05) is 13.1 Å². The molecular weight excluding hydrogens is 268 g/mol. The van der Waals surface area contributed by atoms with Gasteiger partial charge in [0.2, 0.25) is 0 Å². The zero-order valence-electron chi connectivity index (χ0n) is 13.1. The van der Waals surface area contributed by atoms with Gasteiger partial charge in [0, 0.05) is 25.2 Å². The number of hydrogen-bond donors (Lipinski definition) is 2. The van der Waals surface area contributed by atoms with Crippen molar-refractivity contribution in [3.63, 3.8) is 0 Å². The van der Waals surface area contributed by atoms with Crippen LogP contribution >= 0.6 is 0 Å². The first-order valence-corrected chi connectivity index (χ1v) is 7.38. The third-order valence-corrected chi connectivity index (χ3v) is 3.21. The smallest absolute Gasteiger partial charge is 0.304 e. The third-order valence-electron chi connectivity index (χ3n) is 3.21. The molecule has 118 valence electrons. The second kappa shape index (κ2) is 8.64. The number of carbonyl (C=O) groups is 1. The van der Waals surface area contributed by atoms with E-state index in [9.17, 15) is 4.79 Å². The van der Waals surface area contributed by atoms with Gasteiger partial charge in [0.1, 0.15) is 5.75 Å². The van der Waals surface area contributed by atoms with E-state index in [1.165, 1.54) is 0 Å². The highest BCUT2D eigenvalue weighted by Gasteiger charge is 2.10. The van der Waals surface area contributed by atoms with E-state index in [0.717, 1.165) is 23.4 Å². The van der Waals surface area contributed by atoms with Gasteiger partial charge in [0.15, 0.2) is 0 Å². The van der Waals surface area contributed by atoms with Crippen LogP contribution in [-0.2, 0) is 17.9 Å². The summed E-state index contributed by atoms with van der Waals surface area (Å²) in [6.45, 7) is 8.51. The average Bonchev–Trinajstić information content (AvgIpc) is 2.42. The molecule has 1 rings (SSSR count). The number of rotatable bonds is 9. The number of hydrogen-bond acceptors (Lipinski definition) is 4. The van der Waals surface area contributed by atoms with Gasteiger partial charge in [0.25, 0.3) is 0 Å². The molecule has 0 amide bonds. The van der Waals surface area contributed by atoms with Crippen LogP contribution in [0.25, 0.3) is 0 Å². The van der Waals surface area contributed by atoms with Crippen LogP contribution < -0.4 is 10.5 Å². The lowest BCUT2D eigenvalue weighted by Crippen LogP contribution is -2.25. The van der Waals surface area contributed by atoms with Crippen LogP contribution in [0, 0.1) is 0 Å². The average molecular weight is 294 g/mol. The largest absolute Gasteiger partial charge is 0.491 e. The monoisotopic (exact) mass is 294 g/mol. The summed E-state index contributed by atoms with van der Waals surface area (Å²) in [6.07, 6.45) is 0.254. The summed E-state index contributed by atoms with van der Waals surface area (Å²) in [6, 6.07) is 6.02. The number of ether oxygens (including phenoxy) is 1. The molecule has 0 fully saturated rings. The number of aliphatic carboxylic acids is 1. The molecule has 0 heterocycles. The van der Waals surface area contributed by atoms with Gasteiger partial charge in [0.05, 0.1) is 12.5 Å². The van der Waals surface area contributed by atoms with E-state index < -0.39 is 5.97 Å². The van der Waals surface area contributed by atoms with Crippen LogP contribution in [0.5, 0.6) is 5.75 Å². The number of nitrogens with zero attached hydrogens (tertiary/aromatic N) is 1. The van der Waals surface area contributed by atoms with Gasteiger partial charge in [-0.1, -0.05) is 19.1 Å². The number of nitrogens with two attached hydrogens (primary N) is 1. The summed E-state index contributed by atoms with van der Waals surface area (Å²) in [4.78, 5) is 12.8. The summed E-state index contributed by atoms with van der Waals surface area (Å²) in [5.74, 6) is 0.0510. The highest BCUT2D eigenvalue weighted by atomic mass is 16.5. The van der Waals surface area contributed by atoms with Crippen LogP contribution in [0.15, 0.2) is 18.2 Å². The van der Waals surface area contributed by atoms with Crippen molar-refractivity contribution in [2.24, 2.45) is 5.73 Å². The standard InChI is InChI=1S/C16H26N2O3/c1-4-18(8-7-16(19)20)11-13-5-6-14(10-17)15(9-13)21-12(2)3/h5-6,9,12H,4,7-8,10-11,17H2,1-3H3,(H,19,20). The highest BCUT2D eigenvalue weighted by Crippen LogP contribution is 2.22. The predicted molar refractivity (Wildman–Crippen MR) is 83.3 cm³/mol. The van der Waals surface area contributed by atoms with Crippen molar-refractivity contribution in [3.05, 3.63) is 29.3 Å². The predicted octanol–water partition coefficient (Wildman–Crippen LogP) is 2.23. The summed E-state index contributed by atoms with van der Waals surface area (Å²) < 4.78 is 5.80. The van der Waals surface area contributed by atoms with E-state index in [0.29, 0.717) is 19.6 Å². The SMILES string of the molecule is CCN(CCC(=O)O)Cc1ccc(CN)c(OC(C)C)c1. The molecule has 0 aliphatic carbocycles. The van der Waals surface area contributed by atoms with Crippen molar-refractivity contribution >= 4 is 5.97 Å². The maximum absolute atomic E-state index is 10.7. The van der Waals surface area contributed by atoms with E-state index in [-0.39, 0.29) is 12.5 Å². The van der Waals surface area contributed by atoms with E-state index in [1.807, 2.05) is 39.0 Å². The Morgan fingerprint density at radius 2 is 2.14 bits per heavy atom. The molecule has 0 atom stereocenters. The normalized spacial score (nSPS) is 11.1. The summed E-state index contributed by atoms with van der Waals surface area (Å²) in [5, 5.41) is 8.77. The Kier molecular flexibility index (Phi) is 7.19. The maximum atomic E-state index is 10.7. The molecule has 0 saturated heterocycles. The van der Waals surface area contributed by atoms with Gasteiger partial charge in [-0.3, -0.25) is 9.69 Å². The molecule has 5 nitrogen and oxygen atoms in total. The molecule has 1 aromatic rings. The van der Waals surface area contributed by atoms with Crippen LogP contribution in [0.4, 0.5) is 0 Å². The minimum Gasteiger partial charge on any atom is -0.491 e. The fourth-order valence-corrected chi connectivity index (χ4v) is 2.09. The third kappa shape index (κ3) is 6.14. The molecule has 1 aromatic carbocycles. The van der Waals surface area contributed by atoms with Crippen LogP contribution in [0.2, 0.25) is 0 Å². The first-order chi connectivity index (χ1) is 9.96. The second-order valence-electron chi connectivity index (χ2n) is 5.33. The molecule has 3 N–H and O–H groups in total. The lowest BCUT2D eigenvalue weighted by atomic mass is 10.1. The minimum absolute atomic E-state index is 0.0971. The van der Waals surface area contributed by atoms with E-state index >= 15 is 0 Å². The van der Waals surface area contributed by atoms with E-state index in [1.54, 1.807) is 0 Å². The Hall–Kier alpha value is -1.59. The van der Waals surface area contributed by atoms with Crippen LogP contribution in [-0.4, -0.2) is 35.2 Å². The van der Waals surface area contributed by atoms with Crippen LogP contribution in [0.1, 0.15) is 38.3 Å². The van der Waals surface area contributed by atoms with Gasteiger partial charge >= 0.3 is 5.97 Å². The molecule has 0 aliphatic rings. The summed E-state index contributed by atoms with van der Waals surface area (Å²) in [5.41, 5.74) is 7.82. The number of carboxylic acids is 1. The lowest BCUT2D eigenvalue weighted by Gasteiger charge is -2.21. The molecular formula is C16H26N2O3. The van der Waals surface area contributed by atoms with Crippen LogP contribution in [0.3, 0.4) is 0 Å². The maximum Gasteiger partial charge on any atom is 0.304 e. The van der Waals surface area contributed by atoms with Crippen molar-refractivity contribution in [1.82, 2.24) is 4.90 Å². The molecule has 0 bridgehead atoms. The Labute approximate surface area is 126 Å². The topological polar surface area (TPSA) is 75.8 Å². The van der Waals surface area contributed by atoms with Gasteiger partial charge in [-0.15, -0.1) is 0 Å². The molecule has 0 aromatic heterocycles. The Balaban J connectivity index is 2.79. The van der Waals surface area contributed by atoms with E-state index in [2.05, 4.69) is 4.90 Å². The number of benzene rings is 1. The molecule has 0 spiro atoms. The molecule has 5 heteroatoms. The van der Waals surface area contributed by atoms with Crippen molar-refractivity contribution < 1.29 is 14.6 Å². The zero-order valence-corrected chi connectivity index (χ0v) is 13.1. The Bertz CT molecular complexity index is 461. The fraction of sp³-hybridized carbons (Fsp3) is 0.562. The van der Waals surface area contributed by atoms with Crippen molar-refractivity contribution in [1.29, 1.82) is 0 Å². The van der Waals surface area contributed by atoms with Gasteiger partial charge < -0.3 is 15.6 Å². The quantitative estimate of drug-likeness (QED) is 0.730. The Morgan fingerprint density at radius 3 is 2.67 bits per heavy atom. The minimum atomic E-state index is -0.768. The summed E-state index contributed by atoms with van der Waals surface area (Å²) in [7, 11) is 0. The number of carboxylic acid groups (broad SMARTS) is 1. The Morgan fingerprint density at radius 1 is 1.43 bits per heavy atom. The highest BCUT2D eigenvalue weighted by molar-refractivity contribution is 5.66. The van der Waals surface area contributed by atoms with Crippen molar-refractivity contribution in [3.8, 4) is 5.75 Å². The first-order valence-electron chi connectivity index (χ1n) is 7.38. The first kappa shape index (κ1) is 17.5. The molecule has 0 aliphatic heterocycles. The molecule has 21 heavy (non-hydrogen) atoms. The second-order valence-corrected chi connectivity index (χ2v) is 5.33.